The average molecular weight is 236 g/mol. The van der Waals surface area contributed by atoms with E-state index in [2.05, 4.69) is 18.7 Å². The molecule has 1 aromatic carbocycles. The van der Waals surface area contributed by atoms with Crippen molar-refractivity contribution in [2.45, 2.75) is 26.0 Å². The van der Waals surface area contributed by atoms with Gasteiger partial charge in [-0.1, -0.05) is 0 Å². The molecular formula is C13H20N2O2. The predicted molar refractivity (Wildman–Crippen MR) is 67.8 cm³/mol. The fourth-order valence-electron chi connectivity index (χ4n) is 2.22. The van der Waals surface area contributed by atoms with E-state index in [1.807, 2.05) is 6.07 Å². The largest absolute Gasteiger partial charge is 0.508 e. The number of phenolic OH excluding ortho intramolecular Hbond substituents is 1. The molecule has 4 heteroatoms. The second kappa shape index (κ2) is 4.55. The number of ether oxygens (including phenoxy) is 1. The van der Waals surface area contributed by atoms with Crippen molar-refractivity contribution in [1.29, 1.82) is 0 Å². The van der Waals surface area contributed by atoms with Gasteiger partial charge in [0.2, 0.25) is 0 Å². The number of nitrogen functional groups attached to an aromatic ring is 1. The number of nitrogens with zero attached hydrogens (tertiary/aromatic N) is 1. The molecule has 1 aliphatic rings. The van der Waals surface area contributed by atoms with Crippen molar-refractivity contribution < 1.29 is 9.84 Å². The van der Waals surface area contributed by atoms with Crippen molar-refractivity contribution >= 4 is 5.69 Å². The molecule has 0 unspecified atom stereocenters. The van der Waals surface area contributed by atoms with E-state index in [4.69, 9.17) is 10.5 Å². The number of benzene rings is 1. The molecule has 1 heterocycles. The summed E-state index contributed by atoms with van der Waals surface area (Å²) in [6.45, 7) is 7.36. The second-order valence-electron chi connectivity index (χ2n) is 5.21. The zero-order valence-corrected chi connectivity index (χ0v) is 10.4. The van der Waals surface area contributed by atoms with Crippen LogP contribution in [0.4, 0.5) is 5.69 Å². The first-order valence-corrected chi connectivity index (χ1v) is 5.90. The van der Waals surface area contributed by atoms with Crippen LogP contribution in [-0.2, 0) is 11.3 Å². The van der Waals surface area contributed by atoms with E-state index >= 15 is 0 Å². The average Bonchev–Trinajstić information content (AvgIpc) is 2.22. The van der Waals surface area contributed by atoms with Gasteiger partial charge >= 0.3 is 0 Å². The van der Waals surface area contributed by atoms with Gasteiger partial charge in [0.1, 0.15) is 5.75 Å². The first kappa shape index (κ1) is 12.2. The van der Waals surface area contributed by atoms with Crippen LogP contribution in [-0.4, -0.2) is 35.3 Å². The van der Waals surface area contributed by atoms with E-state index < -0.39 is 0 Å². The first-order chi connectivity index (χ1) is 7.96. The molecule has 0 spiro atoms. The van der Waals surface area contributed by atoms with Crippen LogP contribution >= 0.6 is 0 Å². The highest BCUT2D eigenvalue weighted by Gasteiger charge is 2.27. The maximum atomic E-state index is 9.78. The van der Waals surface area contributed by atoms with Crippen molar-refractivity contribution in [3.8, 4) is 5.75 Å². The van der Waals surface area contributed by atoms with Gasteiger partial charge in [0.25, 0.3) is 0 Å². The number of hydrogen-bond donors (Lipinski definition) is 2. The molecule has 0 aliphatic carbocycles. The SMILES string of the molecule is CC1(C)CN(Cc2cc(N)ccc2O)CCO1. The third-order valence-electron chi connectivity index (χ3n) is 3.00. The number of morpholine rings is 1. The summed E-state index contributed by atoms with van der Waals surface area (Å²) < 4.78 is 5.66. The Morgan fingerprint density at radius 3 is 2.94 bits per heavy atom. The Bertz CT molecular complexity index is 404. The molecular weight excluding hydrogens is 216 g/mol. The van der Waals surface area contributed by atoms with Gasteiger partial charge in [-0.2, -0.15) is 0 Å². The number of nitrogens with two attached hydrogens (primary N) is 1. The number of hydrogen-bond acceptors (Lipinski definition) is 4. The minimum Gasteiger partial charge on any atom is -0.508 e. The zero-order valence-electron chi connectivity index (χ0n) is 10.4. The normalized spacial score (nSPS) is 20.4. The Morgan fingerprint density at radius 2 is 2.24 bits per heavy atom. The van der Waals surface area contributed by atoms with Crippen LogP contribution in [0.5, 0.6) is 5.75 Å². The van der Waals surface area contributed by atoms with Crippen LogP contribution in [0.1, 0.15) is 19.4 Å². The summed E-state index contributed by atoms with van der Waals surface area (Å²) >= 11 is 0. The van der Waals surface area contributed by atoms with Crippen molar-refractivity contribution in [1.82, 2.24) is 4.90 Å². The van der Waals surface area contributed by atoms with E-state index in [0.717, 1.165) is 25.3 Å². The summed E-state index contributed by atoms with van der Waals surface area (Å²) in [5.74, 6) is 0.309. The van der Waals surface area contributed by atoms with Crippen LogP contribution < -0.4 is 5.73 Å². The summed E-state index contributed by atoms with van der Waals surface area (Å²) in [7, 11) is 0. The van der Waals surface area contributed by atoms with Gasteiger partial charge in [0.05, 0.1) is 12.2 Å². The molecule has 3 N–H and O–H groups in total. The number of phenols is 1. The monoisotopic (exact) mass is 236 g/mol. The highest BCUT2D eigenvalue weighted by atomic mass is 16.5. The van der Waals surface area contributed by atoms with E-state index in [0.29, 0.717) is 18.0 Å². The van der Waals surface area contributed by atoms with Crippen LogP contribution in [0.2, 0.25) is 0 Å². The predicted octanol–water partition coefficient (Wildman–Crippen LogP) is 1.59. The fourth-order valence-corrected chi connectivity index (χ4v) is 2.22. The van der Waals surface area contributed by atoms with Crippen LogP contribution in [0.15, 0.2) is 18.2 Å². The van der Waals surface area contributed by atoms with Gasteiger partial charge < -0.3 is 15.6 Å². The van der Waals surface area contributed by atoms with Gasteiger partial charge in [0, 0.05) is 30.9 Å². The minimum atomic E-state index is -0.117. The summed E-state index contributed by atoms with van der Waals surface area (Å²) in [4.78, 5) is 2.28. The van der Waals surface area contributed by atoms with Crippen molar-refractivity contribution in [3.05, 3.63) is 23.8 Å². The lowest BCUT2D eigenvalue weighted by molar-refractivity contribution is -0.0883. The van der Waals surface area contributed by atoms with Crippen molar-refractivity contribution in [3.63, 3.8) is 0 Å². The topological polar surface area (TPSA) is 58.7 Å². The maximum Gasteiger partial charge on any atom is 0.120 e. The van der Waals surface area contributed by atoms with Gasteiger partial charge in [-0.25, -0.2) is 0 Å². The maximum absolute atomic E-state index is 9.78. The van der Waals surface area contributed by atoms with Gasteiger partial charge in [-0.05, 0) is 32.0 Å². The lowest BCUT2D eigenvalue weighted by atomic mass is 10.1. The summed E-state index contributed by atoms with van der Waals surface area (Å²) in [5.41, 5.74) is 7.18. The molecule has 1 saturated heterocycles. The summed E-state index contributed by atoms with van der Waals surface area (Å²) in [6.07, 6.45) is 0. The van der Waals surface area contributed by atoms with Crippen LogP contribution in [0.25, 0.3) is 0 Å². The lowest BCUT2D eigenvalue weighted by Crippen LogP contribution is -2.47. The van der Waals surface area contributed by atoms with Crippen molar-refractivity contribution in [2.75, 3.05) is 25.4 Å². The molecule has 0 radical (unpaired) electrons. The van der Waals surface area contributed by atoms with Gasteiger partial charge in [-0.3, -0.25) is 4.90 Å². The van der Waals surface area contributed by atoms with E-state index in [-0.39, 0.29) is 5.60 Å². The molecule has 1 aromatic rings. The molecule has 0 amide bonds. The fraction of sp³-hybridized carbons (Fsp3) is 0.538. The van der Waals surface area contributed by atoms with Crippen molar-refractivity contribution in [2.24, 2.45) is 0 Å². The molecule has 0 aromatic heterocycles. The second-order valence-corrected chi connectivity index (χ2v) is 5.21. The first-order valence-electron chi connectivity index (χ1n) is 5.90. The molecule has 0 saturated carbocycles. The summed E-state index contributed by atoms with van der Waals surface area (Å²) in [5, 5.41) is 9.78. The lowest BCUT2D eigenvalue weighted by Gasteiger charge is -2.38. The zero-order chi connectivity index (χ0) is 12.5. The van der Waals surface area contributed by atoms with Crippen LogP contribution in [0, 0.1) is 0 Å². The highest BCUT2D eigenvalue weighted by molar-refractivity contribution is 5.47. The van der Waals surface area contributed by atoms with Crippen LogP contribution in [0.3, 0.4) is 0 Å². The quantitative estimate of drug-likeness (QED) is 0.604. The Hall–Kier alpha value is -1.26. The Kier molecular flexibility index (Phi) is 3.26. The van der Waals surface area contributed by atoms with Gasteiger partial charge in [0.15, 0.2) is 0 Å². The minimum absolute atomic E-state index is 0.117. The molecule has 4 nitrogen and oxygen atoms in total. The van der Waals surface area contributed by atoms with E-state index in [9.17, 15) is 5.11 Å². The molecule has 0 bridgehead atoms. The highest BCUT2D eigenvalue weighted by Crippen LogP contribution is 2.24. The van der Waals surface area contributed by atoms with Gasteiger partial charge in [-0.15, -0.1) is 0 Å². The smallest absolute Gasteiger partial charge is 0.120 e. The number of anilines is 1. The van der Waals surface area contributed by atoms with E-state index in [1.165, 1.54) is 0 Å². The number of aromatic hydroxyl groups is 1. The Labute approximate surface area is 102 Å². The number of rotatable bonds is 2. The Morgan fingerprint density at radius 1 is 1.47 bits per heavy atom. The molecule has 0 atom stereocenters. The molecule has 1 aliphatic heterocycles. The standard InChI is InChI=1S/C13H20N2O2/c1-13(2)9-15(5-6-17-13)8-10-7-11(14)3-4-12(10)16/h3-4,7,16H,5-6,8-9,14H2,1-2H3. The van der Waals surface area contributed by atoms with E-state index in [1.54, 1.807) is 12.1 Å². The Balaban J connectivity index is 2.07. The molecule has 17 heavy (non-hydrogen) atoms. The third-order valence-corrected chi connectivity index (χ3v) is 3.00. The molecule has 1 fully saturated rings. The summed E-state index contributed by atoms with van der Waals surface area (Å²) in [6, 6.07) is 5.19. The molecule has 94 valence electrons. The third kappa shape index (κ3) is 3.11. The molecule has 2 rings (SSSR count).